The van der Waals surface area contributed by atoms with Crippen molar-refractivity contribution in [2.45, 2.75) is 25.3 Å². The van der Waals surface area contributed by atoms with Crippen molar-refractivity contribution in [3.8, 4) is 0 Å². The van der Waals surface area contributed by atoms with E-state index in [0.717, 1.165) is 24.2 Å². The van der Waals surface area contributed by atoms with E-state index in [4.69, 9.17) is 10.5 Å². The second-order valence-electron chi connectivity index (χ2n) is 6.24. The Labute approximate surface area is 140 Å². The first-order chi connectivity index (χ1) is 11.6. The lowest BCUT2D eigenvalue weighted by Gasteiger charge is -2.26. The molecule has 0 bridgehead atoms. The lowest BCUT2D eigenvalue weighted by atomic mass is 9.92. The van der Waals surface area contributed by atoms with Crippen LogP contribution in [0.1, 0.15) is 18.7 Å². The van der Waals surface area contributed by atoms with Crippen molar-refractivity contribution >= 4 is 16.9 Å². The Morgan fingerprint density at radius 3 is 3.00 bits per heavy atom. The van der Waals surface area contributed by atoms with E-state index >= 15 is 0 Å². The number of aromatic nitrogens is 2. The smallest absolute Gasteiger partial charge is 0.237 e. The highest BCUT2D eigenvalue weighted by molar-refractivity contribution is 5.81. The van der Waals surface area contributed by atoms with E-state index < -0.39 is 6.04 Å². The van der Waals surface area contributed by atoms with E-state index in [2.05, 4.69) is 10.3 Å². The van der Waals surface area contributed by atoms with Crippen LogP contribution in [0.2, 0.25) is 0 Å². The quantitative estimate of drug-likeness (QED) is 0.859. The van der Waals surface area contributed by atoms with Gasteiger partial charge < -0.3 is 20.4 Å². The number of benzene rings is 1. The maximum absolute atomic E-state index is 13.3. The number of fused-ring (bicyclic) bond motifs is 1. The lowest BCUT2D eigenvalue weighted by Crippen LogP contribution is -2.47. The van der Waals surface area contributed by atoms with Crippen LogP contribution in [-0.4, -0.2) is 41.3 Å². The molecule has 1 amide bonds. The molecule has 3 rings (SSSR count). The number of rotatable bonds is 5. The molecule has 2 aromatic rings. The lowest BCUT2D eigenvalue weighted by molar-refractivity contribution is -0.124. The molecule has 2 heterocycles. The highest BCUT2D eigenvalue weighted by Crippen LogP contribution is 2.18. The molecule has 24 heavy (non-hydrogen) atoms. The number of nitrogens with one attached hydrogen (secondary N) is 1. The summed E-state index contributed by atoms with van der Waals surface area (Å²) in [6.07, 6.45) is 2.22. The average molecular weight is 334 g/mol. The minimum Gasteiger partial charge on any atom is -0.381 e. The second-order valence-corrected chi connectivity index (χ2v) is 6.24. The number of halogens is 1. The number of hydrogen-bond donors (Lipinski definition) is 2. The van der Waals surface area contributed by atoms with E-state index in [1.54, 1.807) is 6.07 Å². The SMILES string of the molecule is Cn1c(CCNC(=O)C(N)C2CCOCC2)nc2cc(F)ccc21. The van der Waals surface area contributed by atoms with E-state index in [1.165, 1.54) is 12.1 Å². The summed E-state index contributed by atoms with van der Waals surface area (Å²) < 4.78 is 20.5. The van der Waals surface area contributed by atoms with Crippen LogP contribution < -0.4 is 11.1 Å². The van der Waals surface area contributed by atoms with Crippen LogP contribution in [0.5, 0.6) is 0 Å². The maximum atomic E-state index is 13.3. The summed E-state index contributed by atoms with van der Waals surface area (Å²) in [7, 11) is 1.89. The predicted molar refractivity (Wildman–Crippen MR) is 88.9 cm³/mol. The highest BCUT2D eigenvalue weighted by Gasteiger charge is 2.26. The summed E-state index contributed by atoms with van der Waals surface area (Å²) in [6, 6.07) is 4.05. The van der Waals surface area contributed by atoms with Gasteiger partial charge in [0, 0.05) is 39.3 Å². The summed E-state index contributed by atoms with van der Waals surface area (Å²) in [5.74, 6) is 0.544. The van der Waals surface area contributed by atoms with Crippen LogP contribution in [0.4, 0.5) is 4.39 Å². The molecule has 1 saturated heterocycles. The third kappa shape index (κ3) is 3.57. The molecule has 3 N–H and O–H groups in total. The summed E-state index contributed by atoms with van der Waals surface area (Å²) in [6.45, 7) is 1.79. The molecule has 130 valence electrons. The van der Waals surface area contributed by atoms with E-state index in [-0.39, 0.29) is 17.6 Å². The summed E-state index contributed by atoms with van der Waals surface area (Å²) in [5.41, 5.74) is 7.54. The molecular weight excluding hydrogens is 311 g/mol. The number of imidazole rings is 1. The first-order valence-corrected chi connectivity index (χ1v) is 8.28. The molecule has 0 radical (unpaired) electrons. The van der Waals surface area contributed by atoms with Crippen LogP contribution in [0.3, 0.4) is 0 Å². The van der Waals surface area contributed by atoms with Gasteiger partial charge in [0.25, 0.3) is 0 Å². The Morgan fingerprint density at radius 1 is 1.50 bits per heavy atom. The van der Waals surface area contributed by atoms with Gasteiger partial charge in [-0.25, -0.2) is 9.37 Å². The van der Waals surface area contributed by atoms with Gasteiger partial charge in [0.2, 0.25) is 5.91 Å². The summed E-state index contributed by atoms with van der Waals surface area (Å²) in [5, 5.41) is 2.88. The second kappa shape index (κ2) is 7.27. The van der Waals surface area contributed by atoms with Crippen LogP contribution in [0, 0.1) is 11.7 Å². The third-order valence-corrected chi connectivity index (χ3v) is 4.66. The van der Waals surface area contributed by atoms with Gasteiger partial charge in [0.05, 0.1) is 17.1 Å². The number of amides is 1. The Morgan fingerprint density at radius 2 is 2.25 bits per heavy atom. The molecule has 1 atom stereocenters. The number of nitrogens with zero attached hydrogens (tertiary/aromatic N) is 2. The minimum absolute atomic E-state index is 0.133. The Bertz CT molecular complexity index is 725. The standard InChI is InChI=1S/C17H23FN4O2/c1-22-14-3-2-12(18)10-13(14)21-15(22)4-7-20-17(23)16(19)11-5-8-24-9-6-11/h2-3,10-11,16H,4-9,19H2,1H3,(H,20,23). The fraction of sp³-hybridized carbons (Fsp3) is 0.529. The maximum Gasteiger partial charge on any atom is 0.237 e. The van der Waals surface area contributed by atoms with Crippen molar-refractivity contribution in [1.29, 1.82) is 0 Å². The molecular formula is C17H23FN4O2. The predicted octanol–water partition coefficient (Wildman–Crippen LogP) is 1.12. The minimum atomic E-state index is -0.497. The number of hydrogen-bond acceptors (Lipinski definition) is 4. The van der Waals surface area contributed by atoms with Gasteiger partial charge >= 0.3 is 0 Å². The normalized spacial score (nSPS) is 17.1. The number of carbonyl (C=O) groups excluding carboxylic acids is 1. The molecule has 7 heteroatoms. The topological polar surface area (TPSA) is 82.2 Å². The van der Waals surface area contributed by atoms with Crippen molar-refractivity contribution in [2.24, 2.45) is 18.7 Å². The van der Waals surface area contributed by atoms with Gasteiger partial charge in [0.15, 0.2) is 0 Å². The molecule has 1 aliphatic heterocycles. The number of aryl methyl sites for hydroxylation is 1. The zero-order valence-electron chi connectivity index (χ0n) is 13.8. The number of nitrogens with two attached hydrogens (primary N) is 1. The van der Waals surface area contributed by atoms with Gasteiger partial charge in [-0.2, -0.15) is 0 Å². The molecule has 0 spiro atoms. The zero-order valence-corrected chi connectivity index (χ0v) is 13.8. The third-order valence-electron chi connectivity index (χ3n) is 4.66. The Hall–Kier alpha value is -1.99. The molecule has 0 aliphatic carbocycles. The van der Waals surface area contributed by atoms with E-state index in [0.29, 0.717) is 31.7 Å². The first kappa shape index (κ1) is 16.9. The highest BCUT2D eigenvalue weighted by atomic mass is 19.1. The van der Waals surface area contributed by atoms with Crippen molar-refractivity contribution in [3.05, 3.63) is 29.8 Å². The summed E-state index contributed by atoms with van der Waals surface area (Å²) in [4.78, 5) is 16.6. The monoisotopic (exact) mass is 334 g/mol. The van der Waals surface area contributed by atoms with E-state index in [1.807, 2.05) is 11.6 Å². The number of carbonyl (C=O) groups is 1. The molecule has 1 aliphatic rings. The zero-order chi connectivity index (χ0) is 17.1. The molecule has 1 unspecified atom stereocenters. The van der Waals surface area contributed by atoms with Gasteiger partial charge in [-0.3, -0.25) is 4.79 Å². The first-order valence-electron chi connectivity index (χ1n) is 8.28. The fourth-order valence-corrected chi connectivity index (χ4v) is 3.15. The molecule has 6 nitrogen and oxygen atoms in total. The van der Waals surface area contributed by atoms with Gasteiger partial charge in [0.1, 0.15) is 11.6 Å². The summed E-state index contributed by atoms with van der Waals surface area (Å²) >= 11 is 0. The van der Waals surface area contributed by atoms with Gasteiger partial charge in [-0.1, -0.05) is 0 Å². The van der Waals surface area contributed by atoms with Gasteiger partial charge in [-0.05, 0) is 30.9 Å². The molecule has 1 aromatic carbocycles. The van der Waals surface area contributed by atoms with Crippen LogP contribution in [0.25, 0.3) is 11.0 Å². The fourth-order valence-electron chi connectivity index (χ4n) is 3.15. The van der Waals surface area contributed by atoms with Crippen molar-refractivity contribution in [2.75, 3.05) is 19.8 Å². The molecule has 1 aromatic heterocycles. The van der Waals surface area contributed by atoms with Gasteiger partial charge in [-0.15, -0.1) is 0 Å². The average Bonchev–Trinajstić information content (AvgIpc) is 2.90. The van der Waals surface area contributed by atoms with Crippen LogP contribution >= 0.6 is 0 Å². The van der Waals surface area contributed by atoms with Crippen molar-refractivity contribution in [3.63, 3.8) is 0 Å². The van der Waals surface area contributed by atoms with Crippen molar-refractivity contribution in [1.82, 2.24) is 14.9 Å². The number of ether oxygens (including phenoxy) is 1. The van der Waals surface area contributed by atoms with Crippen LogP contribution in [0.15, 0.2) is 18.2 Å². The molecule has 1 fully saturated rings. The Kier molecular flexibility index (Phi) is 5.11. The van der Waals surface area contributed by atoms with Crippen LogP contribution in [-0.2, 0) is 23.0 Å². The van der Waals surface area contributed by atoms with Crippen molar-refractivity contribution < 1.29 is 13.9 Å². The largest absolute Gasteiger partial charge is 0.381 e. The Balaban J connectivity index is 1.56. The van der Waals surface area contributed by atoms with E-state index in [9.17, 15) is 9.18 Å². The molecule has 0 saturated carbocycles.